The van der Waals surface area contributed by atoms with Crippen molar-refractivity contribution in [1.82, 2.24) is 14.3 Å². The molecule has 0 radical (unpaired) electrons. The molecule has 0 bridgehead atoms. The molecule has 0 aromatic carbocycles. The van der Waals surface area contributed by atoms with Crippen LogP contribution in [0.5, 0.6) is 0 Å². The van der Waals surface area contributed by atoms with Gasteiger partial charge in [0.15, 0.2) is 0 Å². The van der Waals surface area contributed by atoms with Crippen molar-refractivity contribution in [3.8, 4) is 0 Å². The molecule has 0 N–H and O–H groups in total. The van der Waals surface area contributed by atoms with Crippen molar-refractivity contribution < 1.29 is 13.2 Å². The Bertz CT molecular complexity index is 656. The summed E-state index contributed by atoms with van der Waals surface area (Å²) in [7, 11) is 0.446. The Morgan fingerprint density at radius 2 is 2.08 bits per heavy atom. The zero-order valence-electron chi connectivity index (χ0n) is 15.2. The summed E-state index contributed by atoms with van der Waals surface area (Å²) >= 11 is 0. The number of morpholine rings is 1. The van der Waals surface area contributed by atoms with Crippen LogP contribution in [-0.2, 0) is 14.8 Å². The monoisotopic (exact) mass is 356 g/mol. The van der Waals surface area contributed by atoms with Crippen LogP contribution in [0.15, 0.2) is 12.3 Å². The molecule has 136 valence electrons. The molecular weight excluding hydrogens is 328 g/mol. The molecular formula is C16H28N4O3S. The Labute approximate surface area is 145 Å². The van der Waals surface area contributed by atoms with Crippen LogP contribution in [0, 0.1) is 5.41 Å². The van der Waals surface area contributed by atoms with E-state index in [-0.39, 0.29) is 17.3 Å². The second-order valence-corrected chi connectivity index (χ2v) is 9.61. The smallest absolute Gasteiger partial charge is 0.225 e. The van der Waals surface area contributed by atoms with Crippen molar-refractivity contribution in [3.05, 3.63) is 18.0 Å². The second-order valence-electron chi connectivity index (χ2n) is 7.52. The minimum atomic E-state index is -3.28. The Morgan fingerprint density at radius 1 is 1.38 bits per heavy atom. The maximum atomic E-state index is 12.6. The van der Waals surface area contributed by atoms with Crippen molar-refractivity contribution in [2.45, 2.75) is 33.3 Å². The van der Waals surface area contributed by atoms with Gasteiger partial charge in [0.05, 0.1) is 18.1 Å². The number of ether oxygens (including phenoxy) is 1. The molecule has 1 atom stereocenters. The quantitative estimate of drug-likeness (QED) is 0.799. The van der Waals surface area contributed by atoms with Crippen molar-refractivity contribution in [3.63, 3.8) is 0 Å². The van der Waals surface area contributed by atoms with Gasteiger partial charge in [0.1, 0.15) is 6.10 Å². The molecule has 2 heterocycles. The van der Waals surface area contributed by atoms with Crippen molar-refractivity contribution in [2.24, 2.45) is 5.41 Å². The van der Waals surface area contributed by atoms with Crippen LogP contribution < -0.4 is 4.90 Å². The number of sulfonamides is 1. The molecule has 7 nitrogen and oxygen atoms in total. The summed E-state index contributed by atoms with van der Waals surface area (Å²) in [5, 5.41) is 0. The predicted octanol–water partition coefficient (Wildman–Crippen LogP) is 1.68. The number of anilines is 1. The largest absolute Gasteiger partial charge is 0.369 e. The van der Waals surface area contributed by atoms with Gasteiger partial charge in [0.2, 0.25) is 16.0 Å². The normalized spacial score (nSPS) is 20.1. The average Bonchev–Trinajstić information content (AvgIpc) is 2.53. The van der Waals surface area contributed by atoms with E-state index >= 15 is 0 Å². The number of hydrogen-bond donors (Lipinski definition) is 0. The Balaban J connectivity index is 2.10. The molecule has 0 amide bonds. The average molecular weight is 356 g/mol. The van der Waals surface area contributed by atoms with Gasteiger partial charge >= 0.3 is 0 Å². The van der Waals surface area contributed by atoms with Gasteiger partial charge in [-0.1, -0.05) is 20.8 Å². The van der Waals surface area contributed by atoms with E-state index in [2.05, 4.69) is 9.97 Å². The van der Waals surface area contributed by atoms with E-state index in [1.54, 1.807) is 12.3 Å². The molecule has 1 aromatic heterocycles. The van der Waals surface area contributed by atoms with E-state index < -0.39 is 10.0 Å². The SMILES string of the molecule is CN(C)c1nccc(C2CN(S(=O)(=O)CCC(C)(C)C)CCO2)n1. The molecule has 1 aliphatic heterocycles. The van der Waals surface area contributed by atoms with Gasteiger partial charge in [-0.3, -0.25) is 0 Å². The fourth-order valence-corrected chi connectivity index (χ4v) is 4.22. The Morgan fingerprint density at radius 3 is 2.71 bits per heavy atom. The third-order valence-electron chi connectivity index (χ3n) is 3.93. The van der Waals surface area contributed by atoms with Crippen LogP contribution in [0.25, 0.3) is 0 Å². The van der Waals surface area contributed by atoms with Gasteiger partial charge in [0, 0.05) is 33.4 Å². The summed E-state index contributed by atoms with van der Waals surface area (Å²) < 4.78 is 32.5. The predicted molar refractivity (Wildman–Crippen MR) is 94.5 cm³/mol. The van der Waals surface area contributed by atoms with Gasteiger partial charge < -0.3 is 9.64 Å². The lowest BCUT2D eigenvalue weighted by molar-refractivity contribution is -0.00499. The molecule has 0 spiro atoms. The van der Waals surface area contributed by atoms with Crippen molar-refractivity contribution >= 4 is 16.0 Å². The summed E-state index contributed by atoms with van der Waals surface area (Å²) in [4.78, 5) is 10.5. The van der Waals surface area contributed by atoms with Crippen molar-refractivity contribution in [1.29, 1.82) is 0 Å². The summed E-state index contributed by atoms with van der Waals surface area (Å²) in [6.07, 6.45) is 1.95. The summed E-state index contributed by atoms with van der Waals surface area (Å²) in [5.74, 6) is 0.750. The molecule has 24 heavy (non-hydrogen) atoms. The first-order valence-corrected chi connectivity index (χ1v) is 9.79. The van der Waals surface area contributed by atoms with E-state index in [1.165, 1.54) is 4.31 Å². The molecule has 1 fully saturated rings. The molecule has 0 aliphatic carbocycles. The number of nitrogens with zero attached hydrogens (tertiary/aromatic N) is 4. The minimum Gasteiger partial charge on any atom is -0.369 e. The van der Waals surface area contributed by atoms with E-state index in [1.807, 2.05) is 39.8 Å². The fraction of sp³-hybridized carbons (Fsp3) is 0.750. The zero-order valence-corrected chi connectivity index (χ0v) is 16.0. The van der Waals surface area contributed by atoms with Gasteiger partial charge in [-0.05, 0) is 17.9 Å². The highest BCUT2D eigenvalue weighted by Crippen LogP contribution is 2.25. The molecule has 1 unspecified atom stereocenters. The highest BCUT2D eigenvalue weighted by Gasteiger charge is 2.31. The lowest BCUT2D eigenvalue weighted by atomic mass is 9.94. The van der Waals surface area contributed by atoms with Crippen LogP contribution in [0.2, 0.25) is 0 Å². The van der Waals surface area contributed by atoms with Gasteiger partial charge in [-0.2, -0.15) is 4.31 Å². The maximum absolute atomic E-state index is 12.6. The summed E-state index contributed by atoms with van der Waals surface area (Å²) in [5.41, 5.74) is 0.705. The van der Waals surface area contributed by atoms with Crippen LogP contribution in [0.3, 0.4) is 0 Å². The van der Waals surface area contributed by atoms with Crippen LogP contribution >= 0.6 is 0 Å². The van der Waals surface area contributed by atoms with Gasteiger partial charge in [-0.15, -0.1) is 0 Å². The van der Waals surface area contributed by atoms with E-state index in [0.717, 1.165) is 0 Å². The first kappa shape index (κ1) is 19.1. The lowest BCUT2D eigenvalue weighted by Gasteiger charge is -2.32. The summed E-state index contributed by atoms with van der Waals surface area (Å²) in [6.45, 7) is 7.22. The van der Waals surface area contributed by atoms with Crippen LogP contribution in [0.1, 0.15) is 39.0 Å². The molecule has 1 saturated heterocycles. The summed E-state index contributed by atoms with van der Waals surface area (Å²) in [6, 6.07) is 1.78. The third kappa shape index (κ3) is 5.12. The van der Waals surface area contributed by atoms with Gasteiger partial charge in [-0.25, -0.2) is 18.4 Å². The molecule has 0 saturated carbocycles. The Kier molecular flexibility index (Phi) is 5.83. The van der Waals surface area contributed by atoms with E-state index in [4.69, 9.17) is 4.74 Å². The lowest BCUT2D eigenvalue weighted by Crippen LogP contribution is -2.43. The van der Waals surface area contributed by atoms with Crippen LogP contribution in [-0.4, -0.2) is 62.2 Å². The maximum Gasteiger partial charge on any atom is 0.225 e. The zero-order chi connectivity index (χ0) is 18.0. The fourth-order valence-electron chi connectivity index (χ4n) is 2.38. The molecule has 1 aromatic rings. The Hall–Kier alpha value is -1.25. The van der Waals surface area contributed by atoms with Crippen molar-refractivity contribution in [2.75, 3.05) is 44.4 Å². The number of rotatable bonds is 5. The van der Waals surface area contributed by atoms with E-state index in [9.17, 15) is 8.42 Å². The molecule has 2 rings (SSSR count). The van der Waals surface area contributed by atoms with E-state index in [0.29, 0.717) is 37.8 Å². The highest BCUT2D eigenvalue weighted by atomic mass is 32.2. The number of aromatic nitrogens is 2. The second kappa shape index (κ2) is 7.33. The number of hydrogen-bond acceptors (Lipinski definition) is 6. The third-order valence-corrected chi connectivity index (χ3v) is 5.77. The highest BCUT2D eigenvalue weighted by molar-refractivity contribution is 7.89. The molecule has 1 aliphatic rings. The first-order chi connectivity index (χ1) is 11.1. The standard InChI is InChI=1S/C16H28N4O3S/c1-16(2,3)7-11-24(21,22)20-9-10-23-14(12-20)13-6-8-17-15(18-13)19(4)5/h6,8,14H,7,9-12H2,1-5H3. The van der Waals surface area contributed by atoms with Gasteiger partial charge in [0.25, 0.3) is 0 Å². The molecule has 8 heteroatoms. The minimum absolute atomic E-state index is 0.00791. The first-order valence-electron chi connectivity index (χ1n) is 8.18. The topological polar surface area (TPSA) is 75.6 Å². The van der Waals surface area contributed by atoms with Crippen LogP contribution in [0.4, 0.5) is 5.95 Å².